The van der Waals surface area contributed by atoms with Crippen molar-refractivity contribution in [2.45, 2.75) is 6.54 Å². The van der Waals surface area contributed by atoms with Crippen molar-refractivity contribution in [3.63, 3.8) is 0 Å². The lowest BCUT2D eigenvalue weighted by molar-refractivity contribution is -0.133. The van der Waals surface area contributed by atoms with Gasteiger partial charge in [-0.2, -0.15) is 0 Å². The molecule has 120 valence electrons. The van der Waals surface area contributed by atoms with Gasteiger partial charge >= 0.3 is 5.97 Å². The number of ether oxygens (including phenoxy) is 2. The molecule has 0 aliphatic rings. The highest BCUT2D eigenvalue weighted by Gasteiger charge is 2.16. The fourth-order valence-electron chi connectivity index (χ4n) is 2.07. The number of carbonyl (C=O) groups is 2. The van der Waals surface area contributed by atoms with E-state index in [1.807, 2.05) is 30.3 Å². The summed E-state index contributed by atoms with van der Waals surface area (Å²) in [6.07, 6.45) is 0. The van der Waals surface area contributed by atoms with Crippen LogP contribution in [0.2, 0.25) is 0 Å². The summed E-state index contributed by atoms with van der Waals surface area (Å²) < 4.78 is 10.2. The van der Waals surface area contributed by atoms with Crippen LogP contribution in [0.5, 0.6) is 5.75 Å². The predicted molar refractivity (Wildman–Crippen MR) is 86.2 cm³/mol. The van der Waals surface area contributed by atoms with Crippen LogP contribution in [-0.4, -0.2) is 37.5 Å². The third-order valence-electron chi connectivity index (χ3n) is 3.34. The minimum absolute atomic E-state index is 0.267. The number of likely N-dealkylation sites (N-methyl/N-ethyl adjacent to an activating group) is 1. The van der Waals surface area contributed by atoms with Crippen molar-refractivity contribution in [1.29, 1.82) is 0 Å². The molecule has 0 fully saturated rings. The second-order valence-corrected chi connectivity index (χ2v) is 5.01. The van der Waals surface area contributed by atoms with Crippen molar-refractivity contribution in [2.24, 2.45) is 0 Å². The zero-order valence-electron chi connectivity index (χ0n) is 13.2. The highest BCUT2D eigenvalue weighted by atomic mass is 16.5. The Morgan fingerprint density at radius 1 is 1.00 bits per heavy atom. The largest absolute Gasteiger partial charge is 0.496 e. The number of carbonyl (C=O) groups excluding carboxylic acids is 2. The van der Waals surface area contributed by atoms with Crippen LogP contribution >= 0.6 is 0 Å². The van der Waals surface area contributed by atoms with Crippen LogP contribution in [0.15, 0.2) is 54.6 Å². The number of methoxy groups -OCH3 is 1. The van der Waals surface area contributed by atoms with E-state index in [1.54, 1.807) is 31.3 Å². The Kier molecular flexibility index (Phi) is 5.74. The molecule has 0 aliphatic heterocycles. The third kappa shape index (κ3) is 4.57. The van der Waals surface area contributed by atoms with E-state index < -0.39 is 5.97 Å². The first-order valence-corrected chi connectivity index (χ1v) is 7.20. The van der Waals surface area contributed by atoms with E-state index in [0.29, 0.717) is 17.9 Å². The van der Waals surface area contributed by atoms with Gasteiger partial charge in [0.05, 0.1) is 7.11 Å². The Hall–Kier alpha value is -2.82. The maximum atomic E-state index is 12.1. The lowest BCUT2D eigenvalue weighted by atomic mass is 10.2. The number of benzene rings is 2. The lowest BCUT2D eigenvalue weighted by Gasteiger charge is -2.17. The number of nitrogens with zero attached hydrogens (tertiary/aromatic N) is 1. The smallest absolute Gasteiger partial charge is 0.342 e. The van der Waals surface area contributed by atoms with Crippen LogP contribution in [0.1, 0.15) is 15.9 Å². The van der Waals surface area contributed by atoms with Crippen LogP contribution in [0.25, 0.3) is 0 Å². The molecule has 0 unspecified atom stereocenters. The highest BCUT2D eigenvalue weighted by molar-refractivity contribution is 5.93. The van der Waals surface area contributed by atoms with Crippen LogP contribution in [0, 0.1) is 0 Å². The van der Waals surface area contributed by atoms with Gasteiger partial charge in [-0.25, -0.2) is 4.79 Å². The molecule has 5 heteroatoms. The fourth-order valence-corrected chi connectivity index (χ4v) is 2.07. The topological polar surface area (TPSA) is 55.8 Å². The quantitative estimate of drug-likeness (QED) is 0.769. The molecule has 2 aromatic carbocycles. The van der Waals surface area contributed by atoms with Gasteiger partial charge in [0, 0.05) is 13.6 Å². The van der Waals surface area contributed by atoms with E-state index >= 15 is 0 Å². The summed E-state index contributed by atoms with van der Waals surface area (Å²) >= 11 is 0. The second-order valence-electron chi connectivity index (χ2n) is 5.01. The Labute approximate surface area is 135 Å². The summed E-state index contributed by atoms with van der Waals surface area (Å²) in [5.41, 5.74) is 1.31. The summed E-state index contributed by atoms with van der Waals surface area (Å²) in [4.78, 5) is 25.6. The molecule has 0 N–H and O–H groups in total. The van der Waals surface area contributed by atoms with Gasteiger partial charge in [0.25, 0.3) is 5.91 Å². The number of para-hydroxylation sites is 1. The average Bonchev–Trinajstić information content (AvgIpc) is 2.60. The van der Waals surface area contributed by atoms with Gasteiger partial charge in [-0.05, 0) is 17.7 Å². The maximum absolute atomic E-state index is 12.1. The van der Waals surface area contributed by atoms with E-state index in [9.17, 15) is 9.59 Å². The average molecular weight is 313 g/mol. The first-order chi connectivity index (χ1) is 11.1. The summed E-state index contributed by atoms with van der Waals surface area (Å²) in [7, 11) is 3.15. The van der Waals surface area contributed by atoms with Gasteiger partial charge in [0.1, 0.15) is 11.3 Å². The normalized spacial score (nSPS) is 10.0. The molecule has 0 atom stereocenters. The Bertz CT molecular complexity index is 670. The van der Waals surface area contributed by atoms with E-state index in [0.717, 1.165) is 5.56 Å². The van der Waals surface area contributed by atoms with Gasteiger partial charge in [0.2, 0.25) is 0 Å². The minimum atomic E-state index is -0.580. The molecule has 0 saturated heterocycles. The van der Waals surface area contributed by atoms with Crippen LogP contribution < -0.4 is 4.74 Å². The number of amides is 1. The first-order valence-electron chi connectivity index (χ1n) is 7.20. The molecule has 0 radical (unpaired) electrons. The molecule has 5 nitrogen and oxygen atoms in total. The molecule has 0 spiro atoms. The molecule has 0 aliphatic carbocycles. The van der Waals surface area contributed by atoms with Gasteiger partial charge in [-0.1, -0.05) is 42.5 Å². The first kappa shape index (κ1) is 16.5. The van der Waals surface area contributed by atoms with Crippen molar-refractivity contribution in [1.82, 2.24) is 4.90 Å². The summed E-state index contributed by atoms with van der Waals surface area (Å²) in [6, 6.07) is 16.3. The lowest BCUT2D eigenvalue weighted by Crippen LogP contribution is -2.30. The highest BCUT2D eigenvalue weighted by Crippen LogP contribution is 2.18. The van der Waals surface area contributed by atoms with Crippen molar-refractivity contribution < 1.29 is 19.1 Å². The van der Waals surface area contributed by atoms with Crippen LogP contribution in [0.4, 0.5) is 0 Å². The number of hydrogen-bond acceptors (Lipinski definition) is 4. The summed E-state index contributed by atoms with van der Waals surface area (Å²) in [6.45, 7) is 0.159. The fraction of sp³-hybridized carbons (Fsp3) is 0.222. The van der Waals surface area contributed by atoms with E-state index in [2.05, 4.69) is 0 Å². The minimum Gasteiger partial charge on any atom is -0.496 e. The summed E-state index contributed by atoms with van der Waals surface area (Å²) in [5, 5.41) is 0. The number of hydrogen-bond donors (Lipinski definition) is 0. The molecule has 0 saturated carbocycles. The standard InChI is InChI=1S/C18H19NO4/c1-19(12-14-8-4-3-5-9-14)17(20)13-23-18(21)15-10-6-7-11-16(15)22-2/h3-11H,12-13H2,1-2H3. The van der Waals surface area contributed by atoms with Gasteiger partial charge in [-0.15, -0.1) is 0 Å². The van der Waals surface area contributed by atoms with E-state index in [1.165, 1.54) is 12.0 Å². The Morgan fingerprint density at radius 2 is 1.65 bits per heavy atom. The van der Waals surface area contributed by atoms with Gasteiger partial charge in [0.15, 0.2) is 6.61 Å². The second kappa shape index (κ2) is 7.98. The monoisotopic (exact) mass is 313 g/mol. The molecule has 0 bridgehead atoms. The Balaban J connectivity index is 1.89. The number of esters is 1. The van der Waals surface area contributed by atoms with Gasteiger partial charge in [-0.3, -0.25) is 4.79 Å². The summed E-state index contributed by atoms with van der Waals surface area (Å²) in [5.74, 6) is -0.427. The zero-order chi connectivity index (χ0) is 16.7. The van der Waals surface area contributed by atoms with Crippen LogP contribution in [0.3, 0.4) is 0 Å². The van der Waals surface area contributed by atoms with Crippen molar-refractivity contribution in [3.05, 3.63) is 65.7 Å². The molecule has 2 rings (SSSR count). The molecule has 1 amide bonds. The number of rotatable bonds is 6. The third-order valence-corrected chi connectivity index (χ3v) is 3.34. The van der Waals surface area contributed by atoms with Crippen molar-refractivity contribution in [3.8, 4) is 5.75 Å². The van der Waals surface area contributed by atoms with Crippen LogP contribution in [-0.2, 0) is 16.1 Å². The SMILES string of the molecule is COc1ccccc1C(=O)OCC(=O)N(C)Cc1ccccc1. The molecule has 0 aromatic heterocycles. The zero-order valence-corrected chi connectivity index (χ0v) is 13.2. The molecule has 23 heavy (non-hydrogen) atoms. The van der Waals surface area contributed by atoms with Crippen molar-refractivity contribution >= 4 is 11.9 Å². The van der Waals surface area contributed by atoms with E-state index in [4.69, 9.17) is 9.47 Å². The predicted octanol–water partition coefficient (Wildman–Crippen LogP) is 2.51. The Morgan fingerprint density at radius 3 is 2.35 bits per heavy atom. The van der Waals surface area contributed by atoms with Gasteiger partial charge < -0.3 is 14.4 Å². The van der Waals surface area contributed by atoms with E-state index in [-0.39, 0.29) is 12.5 Å². The molecule has 2 aromatic rings. The maximum Gasteiger partial charge on any atom is 0.342 e. The molecule has 0 heterocycles. The van der Waals surface area contributed by atoms with Crippen molar-refractivity contribution in [2.75, 3.05) is 20.8 Å². The molecular weight excluding hydrogens is 294 g/mol. The molecular formula is C18H19NO4.